The van der Waals surface area contributed by atoms with Crippen molar-refractivity contribution in [2.45, 2.75) is 18.2 Å². The molecule has 0 N–H and O–H groups in total. The van der Waals surface area contributed by atoms with Gasteiger partial charge in [0.25, 0.3) is 0 Å². The van der Waals surface area contributed by atoms with Crippen LogP contribution in [0, 0.1) is 5.82 Å². The third-order valence-electron chi connectivity index (χ3n) is 2.94. The quantitative estimate of drug-likeness (QED) is 0.651. The van der Waals surface area contributed by atoms with Crippen LogP contribution in [0.1, 0.15) is 28.4 Å². The fraction of sp³-hybridized carbons (Fsp3) is 0.200. The molecular formula is C15H13BrClF. The Balaban J connectivity index is 2.35. The molecule has 0 radical (unpaired) electrons. The lowest BCUT2D eigenvalue weighted by Crippen LogP contribution is -1.97. The van der Waals surface area contributed by atoms with Crippen molar-refractivity contribution in [3.8, 4) is 0 Å². The molecule has 1 unspecified atom stereocenters. The van der Waals surface area contributed by atoms with Crippen molar-refractivity contribution in [1.82, 2.24) is 0 Å². The lowest BCUT2D eigenvalue weighted by atomic mass is 10.0. The molecule has 0 aliphatic heterocycles. The van der Waals surface area contributed by atoms with Crippen molar-refractivity contribution in [2.75, 3.05) is 0 Å². The van der Waals surface area contributed by atoms with E-state index in [4.69, 9.17) is 11.6 Å². The summed E-state index contributed by atoms with van der Waals surface area (Å²) in [7, 11) is 0. The molecule has 0 amide bonds. The van der Waals surface area contributed by atoms with Gasteiger partial charge in [-0.3, -0.25) is 0 Å². The number of rotatable bonds is 3. The topological polar surface area (TPSA) is 0 Å². The van der Waals surface area contributed by atoms with E-state index in [2.05, 4.69) is 35.0 Å². The normalized spacial score (nSPS) is 12.4. The van der Waals surface area contributed by atoms with Crippen molar-refractivity contribution in [3.05, 3.63) is 70.0 Å². The van der Waals surface area contributed by atoms with Gasteiger partial charge >= 0.3 is 0 Å². The molecule has 0 fully saturated rings. The van der Waals surface area contributed by atoms with E-state index in [0.717, 1.165) is 12.0 Å². The molecule has 0 nitrogen and oxygen atoms in total. The monoisotopic (exact) mass is 326 g/mol. The van der Waals surface area contributed by atoms with Crippen LogP contribution in [-0.4, -0.2) is 0 Å². The summed E-state index contributed by atoms with van der Waals surface area (Å²) in [5, 5.41) is 0.155. The van der Waals surface area contributed by atoms with E-state index in [1.54, 1.807) is 18.2 Å². The Labute approximate surface area is 120 Å². The Morgan fingerprint density at radius 3 is 2.44 bits per heavy atom. The number of halogens is 3. The number of alkyl halides is 1. The van der Waals surface area contributed by atoms with Crippen molar-refractivity contribution < 1.29 is 4.39 Å². The molecule has 0 aromatic heterocycles. The molecule has 2 aromatic carbocycles. The van der Waals surface area contributed by atoms with Crippen LogP contribution in [0.15, 0.2) is 42.5 Å². The van der Waals surface area contributed by atoms with E-state index < -0.39 is 0 Å². The third kappa shape index (κ3) is 2.76. The van der Waals surface area contributed by atoms with Gasteiger partial charge in [0.1, 0.15) is 5.82 Å². The van der Waals surface area contributed by atoms with Crippen molar-refractivity contribution >= 4 is 27.5 Å². The average Bonchev–Trinajstić information content (AvgIpc) is 2.41. The first kappa shape index (κ1) is 13.6. The Kier molecular flexibility index (Phi) is 4.41. The molecule has 0 aliphatic rings. The van der Waals surface area contributed by atoms with Gasteiger partial charge < -0.3 is 0 Å². The fourth-order valence-electron chi connectivity index (χ4n) is 1.82. The minimum absolute atomic E-state index is 0.155. The molecule has 2 aromatic rings. The second kappa shape index (κ2) is 5.85. The van der Waals surface area contributed by atoms with Crippen LogP contribution in [0.25, 0.3) is 0 Å². The standard InChI is InChI=1S/C15H13BrClF/c1-2-10-6-8-11(9-7-10)14(16)12-4-3-5-13(17)15(12)18/h3-9,14H,2H2,1H3. The first-order valence-electron chi connectivity index (χ1n) is 5.80. The minimum atomic E-state index is -0.361. The first-order valence-corrected chi connectivity index (χ1v) is 7.09. The van der Waals surface area contributed by atoms with E-state index in [1.807, 2.05) is 12.1 Å². The Hall–Kier alpha value is -0.860. The van der Waals surface area contributed by atoms with E-state index in [9.17, 15) is 4.39 Å². The lowest BCUT2D eigenvalue weighted by Gasteiger charge is -2.13. The third-order valence-corrected chi connectivity index (χ3v) is 4.25. The predicted octanol–water partition coefficient (Wildman–Crippen LogP) is 5.53. The van der Waals surface area contributed by atoms with Gasteiger partial charge in [-0.15, -0.1) is 0 Å². The summed E-state index contributed by atoms with van der Waals surface area (Å²) in [4.78, 5) is -0.179. The van der Waals surface area contributed by atoms with Gasteiger partial charge in [0.2, 0.25) is 0 Å². The van der Waals surface area contributed by atoms with Gasteiger partial charge in [-0.05, 0) is 23.6 Å². The van der Waals surface area contributed by atoms with Gasteiger partial charge in [-0.25, -0.2) is 4.39 Å². The van der Waals surface area contributed by atoms with Crippen LogP contribution in [-0.2, 0) is 6.42 Å². The summed E-state index contributed by atoms with van der Waals surface area (Å²) in [6, 6.07) is 13.2. The molecule has 2 rings (SSSR count). The Bertz CT molecular complexity index is 537. The SMILES string of the molecule is CCc1ccc(C(Br)c2cccc(Cl)c2F)cc1. The zero-order valence-corrected chi connectivity index (χ0v) is 12.3. The van der Waals surface area contributed by atoms with Gasteiger partial charge in [-0.1, -0.05) is 70.9 Å². The summed E-state index contributed by atoms with van der Waals surface area (Å²) in [6.07, 6.45) is 0.999. The molecule has 0 saturated heterocycles. The highest BCUT2D eigenvalue weighted by Crippen LogP contribution is 2.34. The molecule has 0 saturated carbocycles. The van der Waals surface area contributed by atoms with Gasteiger partial charge in [-0.2, -0.15) is 0 Å². The Morgan fingerprint density at radius 1 is 1.17 bits per heavy atom. The summed E-state index contributed by atoms with van der Waals surface area (Å²) >= 11 is 9.32. The molecule has 3 heteroatoms. The molecule has 1 atom stereocenters. The smallest absolute Gasteiger partial charge is 0.146 e. The van der Waals surface area contributed by atoms with Gasteiger partial charge in [0.15, 0.2) is 0 Å². The average molecular weight is 328 g/mol. The summed E-state index contributed by atoms with van der Waals surface area (Å²) < 4.78 is 13.9. The summed E-state index contributed by atoms with van der Waals surface area (Å²) in [6.45, 7) is 2.11. The molecule has 0 bridgehead atoms. The zero-order chi connectivity index (χ0) is 13.1. The van der Waals surface area contributed by atoms with Crippen LogP contribution in [0.2, 0.25) is 5.02 Å². The van der Waals surface area contributed by atoms with Crippen molar-refractivity contribution in [2.24, 2.45) is 0 Å². The largest absolute Gasteiger partial charge is 0.205 e. The second-order valence-electron chi connectivity index (χ2n) is 4.10. The van der Waals surface area contributed by atoms with Crippen LogP contribution in [0.5, 0.6) is 0 Å². The van der Waals surface area contributed by atoms with Crippen LogP contribution < -0.4 is 0 Å². The molecule has 18 heavy (non-hydrogen) atoms. The highest BCUT2D eigenvalue weighted by molar-refractivity contribution is 9.09. The highest BCUT2D eigenvalue weighted by Gasteiger charge is 2.16. The molecule has 0 spiro atoms. The maximum absolute atomic E-state index is 13.9. The first-order chi connectivity index (χ1) is 8.63. The maximum atomic E-state index is 13.9. The number of hydrogen-bond acceptors (Lipinski definition) is 0. The minimum Gasteiger partial charge on any atom is -0.205 e. The number of benzene rings is 2. The second-order valence-corrected chi connectivity index (χ2v) is 5.42. The maximum Gasteiger partial charge on any atom is 0.146 e. The number of hydrogen-bond donors (Lipinski definition) is 0. The van der Waals surface area contributed by atoms with E-state index in [1.165, 1.54) is 5.56 Å². The Morgan fingerprint density at radius 2 is 1.83 bits per heavy atom. The van der Waals surface area contributed by atoms with Crippen molar-refractivity contribution in [1.29, 1.82) is 0 Å². The van der Waals surface area contributed by atoms with E-state index >= 15 is 0 Å². The summed E-state index contributed by atoms with van der Waals surface area (Å²) in [5.41, 5.74) is 2.85. The van der Waals surface area contributed by atoms with Gasteiger partial charge in [0.05, 0.1) is 9.85 Å². The molecule has 0 heterocycles. The zero-order valence-electron chi connectivity index (χ0n) is 9.96. The van der Waals surface area contributed by atoms with E-state index in [-0.39, 0.29) is 15.7 Å². The van der Waals surface area contributed by atoms with E-state index in [0.29, 0.717) is 5.56 Å². The highest BCUT2D eigenvalue weighted by atomic mass is 79.9. The van der Waals surface area contributed by atoms with Crippen LogP contribution in [0.4, 0.5) is 4.39 Å². The summed E-state index contributed by atoms with van der Waals surface area (Å²) in [5.74, 6) is -0.361. The lowest BCUT2D eigenvalue weighted by molar-refractivity contribution is 0.614. The van der Waals surface area contributed by atoms with Gasteiger partial charge in [0, 0.05) is 5.56 Å². The predicted molar refractivity (Wildman–Crippen MR) is 78.0 cm³/mol. The molecule has 0 aliphatic carbocycles. The van der Waals surface area contributed by atoms with Crippen molar-refractivity contribution in [3.63, 3.8) is 0 Å². The fourth-order valence-corrected chi connectivity index (χ4v) is 2.66. The van der Waals surface area contributed by atoms with Crippen LogP contribution in [0.3, 0.4) is 0 Å². The molecular weight excluding hydrogens is 315 g/mol. The number of aryl methyl sites for hydroxylation is 1. The molecule has 94 valence electrons. The van der Waals surface area contributed by atoms with Crippen LogP contribution >= 0.6 is 27.5 Å².